The number of hydrogen-bond acceptors (Lipinski definition) is 4. The molecule has 1 amide bonds. The van der Waals surface area contributed by atoms with E-state index in [1.165, 1.54) is 6.08 Å². The lowest BCUT2D eigenvalue weighted by Crippen LogP contribution is -2.13. The second-order valence-corrected chi connectivity index (χ2v) is 6.98. The van der Waals surface area contributed by atoms with Crippen LogP contribution in [0.3, 0.4) is 0 Å². The zero-order chi connectivity index (χ0) is 20.5. The molecule has 2 aromatic rings. The van der Waals surface area contributed by atoms with Gasteiger partial charge in [0.25, 0.3) is 5.91 Å². The minimum atomic E-state index is -0.545. The van der Waals surface area contributed by atoms with Gasteiger partial charge in [0.2, 0.25) is 0 Å². The maximum atomic E-state index is 12.5. The molecule has 28 heavy (non-hydrogen) atoms. The van der Waals surface area contributed by atoms with E-state index in [2.05, 4.69) is 21.2 Å². The number of rotatable bonds is 8. The summed E-state index contributed by atoms with van der Waals surface area (Å²) in [6.07, 6.45) is 2.35. The molecule has 1 N–H and O–H groups in total. The van der Waals surface area contributed by atoms with Crippen LogP contribution in [0.15, 0.2) is 46.4 Å². The Morgan fingerprint density at radius 1 is 1.29 bits per heavy atom. The molecule has 0 spiro atoms. The zero-order valence-corrected chi connectivity index (χ0v) is 17.9. The highest BCUT2D eigenvalue weighted by Crippen LogP contribution is 2.37. The van der Waals surface area contributed by atoms with Gasteiger partial charge in [-0.2, -0.15) is 5.26 Å². The molecule has 2 rings (SSSR count). The summed E-state index contributed by atoms with van der Waals surface area (Å²) < 4.78 is 12.1. The number of ether oxygens (including phenoxy) is 2. The molecule has 0 saturated heterocycles. The van der Waals surface area contributed by atoms with Crippen molar-refractivity contribution in [1.29, 1.82) is 5.26 Å². The third kappa shape index (κ3) is 5.75. The van der Waals surface area contributed by atoms with Gasteiger partial charge in [-0.15, -0.1) is 0 Å². The Hall–Kier alpha value is -2.49. The highest BCUT2D eigenvalue weighted by Gasteiger charge is 2.15. The van der Waals surface area contributed by atoms with Gasteiger partial charge >= 0.3 is 0 Å². The molecule has 0 aliphatic heterocycles. The molecule has 0 heterocycles. The molecule has 0 radical (unpaired) electrons. The van der Waals surface area contributed by atoms with Crippen LogP contribution in [-0.4, -0.2) is 19.1 Å². The van der Waals surface area contributed by atoms with Crippen molar-refractivity contribution in [2.24, 2.45) is 0 Å². The van der Waals surface area contributed by atoms with Gasteiger partial charge in [-0.1, -0.05) is 30.7 Å². The number of amides is 1. The molecule has 0 aromatic heterocycles. The van der Waals surface area contributed by atoms with Crippen LogP contribution in [0.25, 0.3) is 6.08 Å². The summed E-state index contributed by atoms with van der Waals surface area (Å²) in [5.41, 5.74) is 1.01. The van der Waals surface area contributed by atoms with Crippen molar-refractivity contribution in [2.45, 2.75) is 20.3 Å². The number of nitrogens with zero attached hydrogens (tertiary/aromatic N) is 1. The third-order valence-electron chi connectivity index (χ3n) is 3.58. The van der Waals surface area contributed by atoms with Crippen molar-refractivity contribution in [2.75, 3.05) is 18.5 Å². The van der Waals surface area contributed by atoms with Crippen LogP contribution in [0.2, 0.25) is 5.02 Å². The van der Waals surface area contributed by atoms with Gasteiger partial charge in [-0.05, 0) is 65.2 Å². The maximum absolute atomic E-state index is 12.5. The lowest BCUT2D eigenvalue weighted by Gasteiger charge is -2.14. The number of halogens is 2. The van der Waals surface area contributed by atoms with Crippen molar-refractivity contribution in [3.63, 3.8) is 0 Å². The van der Waals surface area contributed by atoms with Crippen molar-refractivity contribution < 1.29 is 14.3 Å². The highest BCUT2D eigenvalue weighted by molar-refractivity contribution is 9.10. The van der Waals surface area contributed by atoms with E-state index in [-0.39, 0.29) is 5.57 Å². The van der Waals surface area contributed by atoms with Gasteiger partial charge in [0.05, 0.1) is 28.4 Å². The van der Waals surface area contributed by atoms with E-state index in [4.69, 9.17) is 21.1 Å². The number of carbonyl (C=O) groups excluding carboxylic acids is 1. The number of hydrogen-bond donors (Lipinski definition) is 1. The minimum absolute atomic E-state index is 0.0588. The average Bonchev–Trinajstić information content (AvgIpc) is 2.67. The third-order valence-corrected chi connectivity index (χ3v) is 4.50. The van der Waals surface area contributed by atoms with E-state index in [0.29, 0.717) is 45.5 Å². The Labute approximate surface area is 178 Å². The predicted molar refractivity (Wildman–Crippen MR) is 115 cm³/mol. The number of benzene rings is 2. The fourth-order valence-corrected chi connectivity index (χ4v) is 3.10. The van der Waals surface area contributed by atoms with E-state index < -0.39 is 5.91 Å². The van der Waals surface area contributed by atoms with E-state index in [9.17, 15) is 10.1 Å². The quantitative estimate of drug-likeness (QED) is 0.394. The molecule has 146 valence electrons. The van der Waals surface area contributed by atoms with E-state index in [0.717, 1.165) is 6.42 Å². The first-order valence-electron chi connectivity index (χ1n) is 8.76. The van der Waals surface area contributed by atoms with Crippen molar-refractivity contribution in [1.82, 2.24) is 0 Å². The second-order valence-electron chi connectivity index (χ2n) is 5.72. The molecule has 0 bridgehead atoms. The van der Waals surface area contributed by atoms with E-state index >= 15 is 0 Å². The van der Waals surface area contributed by atoms with Gasteiger partial charge in [-0.3, -0.25) is 4.79 Å². The number of nitrogens with one attached hydrogen (secondary N) is 1. The van der Waals surface area contributed by atoms with Crippen molar-refractivity contribution in [3.8, 4) is 17.6 Å². The normalized spacial score (nSPS) is 10.9. The molecule has 7 heteroatoms. The van der Waals surface area contributed by atoms with Crippen LogP contribution in [0.4, 0.5) is 5.69 Å². The first kappa shape index (κ1) is 21.8. The Balaban J connectivity index is 2.33. The van der Waals surface area contributed by atoms with Crippen molar-refractivity contribution in [3.05, 3.63) is 57.0 Å². The Kier molecular flexibility index (Phi) is 8.37. The highest BCUT2D eigenvalue weighted by atomic mass is 79.9. The summed E-state index contributed by atoms with van der Waals surface area (Å²) >= 11 is 9.53. The van der Waals surface area contributed by atoms with Gasteiger partial charge in [0.15, 0.2) is 11.5 Å². The summed E-state index contributed by atoms with van der Waals surface area (Å²) in [4.78, 5) is 12.5. The summed E-state index contributed by atoms with van der Waals surface area (Å²) in [7, 11) is 0. The zero-order valence-electron chi connectivity index (χ0n) is 15.6. The summed E-state index contributed by atoms with van der Waals surface area (Å²) in [6, 6.07) is 12.3. The summed E-state index contributed by atoms with van der Waals surface area (Å²) in [5, 5.41) is 12.5. The van der Waals surface area contributed by atoms with Crippen LogP contribution < -0.4 is 14.8 Å². The second kappa shape index (κ2) is 10.7. The van der Waals surface area contributed by atoms with E-state index in [1.54, 1.807) is 36.4 Å². The molecule has 0 aliphatic carbocycles. The minimum Gasteiger partial charge on any atom is -0.490 e. The van der Waals surface area contributed by atoms with Crippen LogP contribution in [0.1, 0.15) is 25.8 Å². The Morgan fingerprint density at radius 2 is 2.04 bits per heavy atom. The molecule has 0 atom stereocenters. The van der Waals surface area contributed by atoms with Crippen LogP contribution in [-0.2, 0) is 4.79 Å². The molecule has 2 aromatic carbocycles. The van der Waals surface area contributed by atoms with Gasteiger partial charge in [0.1, 0.15) is 11.6 Å². The van der Waals surface area contributed by atoms with Gasteiger partial charge in [-0.25, -0.2) is 0 Å². The van der Waals surface area contributed by atoms with Crippen molar-refractivity contribution >= 4 is 45.2 Å². The smallest absolute Gasteiger partial charge is 0.266 e. The molecular weight excluding hydrogens is 444 g/mol. The Morgan fingerprint density at radius 3 is 2.68 bits per heavy atom. The molecule has 0 unspecified atom stereocenters. The van der Waals surface area contributed by atoms with Crippen LogP contribution in [0, 0.1) is 11.3 Å². The van der Waals surface area contributed by atoms with Crippen LogP contribution in [0.5, 0.6) is 11.5 Å². The monoisotopic (exact) mass is 462 g/mol. The molecule has 5 nitrogen and oxygen atoms in total. The van der Waals surface area contributed by atoms with Crippen LogP contribution >= 0.6 is 27.5 Å². The maximum Gasteiger partial charge on any atom is 0.266 e. The first-order valence-corrected chi connectivity index (χ1v) is 9.94. The first-order chi connectivity index (χ1) is 13.5. The predicted octanol–water partition coefficient (Wildman–Crippen LogP) is 5.84. The molecule has 0 aliphatic rings. The van der Waals surface area contributed by atoms with E-state index in [1.807, 2.05) is 19.9 Å². The number of nitriles is 1. The largest absolute Gasteiger partial charge is 0.490 e. The molecular formula is C21H20BrClN2O3. The number of carbonyl (C=O) groups is 1. The topological polar surface area (TPSA) is 71.3 Å². The number of anilines is 1. The summed E-state index contributed by atoms with van der Waals surface area (Å²) in [5.74, 6) is 0.594. The average molecular weight is 464 g/mol. The lowest BCUT2D eigenvalue weighted by atomic mass is 10.1. The molecule has 0 fully saturated rings. The fourth-order valence-electron chi connectivity index (χ4n) is 2.35. The fraction of sp³-hybridized carbons (Fsp3) is 0.238. The number of para-hydroxylation sites is 1. The summed E-state index contributed by atoms with van der Waals surface area (Å²) in [6.45, 7) is 4.90. The Bertz CT molecular complexity index is 922. The molecule has 0 saturated carbocycles. The lowest BCUT2D eigenvalue weighted by molar-refractivity contribution is -0.112. The standard InChI is InChI=1S/C21H20BrClN2O3/c1-3-9-28-20-16(22)11-14(12-19(20)27-4-2)10-15(13-24)21(26)25-18-8-6-5-7-17(18)23/h5-8,10-12H,3-4,9H2,1-2H3,(H,25,26)/b15-10+. The van der Waals surface area contributed by atoms with Gasteiger partial charge in [0, 0.05) is 0 Å². The van der Waals surface area contributed by atoms with Gasteiger partial charge < -0.3 is 14.8 Å². The SMILES string of the molecule is CCCOc1c(Br)cc(/C=C(\C#N)C(=O)Nc2ccccc2Cl)cc1OCC.